The first-order valence-electron chi connectivity index (χ1n) is 10.1. The van der Waals surface area contributed by atoms with E-state index in [2.05, 4.69) is 20.3 Å². The number of nitrogens with one attached hydrogen (secondary N) is 3. The number of ether oxygens (including phenoxy) is 2. The molecule has 178 valence electrons. The molecule has 0 aliphatic rings. The number of anilines is 1. The number of methoxy groups -OCH3 is 1. The van der Waals surface area contributed by atoms with Crippen LogP contribution in [0.5, 0.6) is 11.5 Å². The number of aliphatic imine (C=N–C) groups is 1. The minimum absolute atomic E-state index is 0. The zero-order chi connectivity index (χ0) is 22.9. The topological polar surface area (TPSA) is 101 Å². The van der Waals surface area contributed by atoms with Crippen molar-refractivity contribution in [2.24, 2.45) is 4.99 Å². The van der Waals surface area contributed by atoms with Gasteiger partial charge in [0, 0.05) is 31.4 Å². The second-order valence-corrected chi connectivity index (χ2v) is 8.90. The molecule has 32 heavy (non-hydrogen) atoms. The van der Waals surface area contributed by atoms with Crippen molar-refractivity contribution in [3.05, 3.63) is 53.6 Å². The lowest BCUT2D eigenvalue weighted by Gasteiger charge is -2.16. The summed E-state index contributed by atoms with van der Waals surface area (Å²) in [7, 11) is -0.153. The molecule has 0 saturated carbocycles. The molecule has 0 amide bonds. The molecule has 2 aromatic carbocycles. The van der Waals surface area contributed by atoms with Crippen molar-refractivity contribution < 1.29 is 17.9 Å². The molecule has 0 heterocycles. The first-order valence-corrected chi connectivity index (χ1v) is 11.8. The lowest BCUT2D eigenvalue weighted by molar-refractivity contribution is 0.311. The third-order valence-corrected chi connectivity index (χ3v) is 5.80. The van der Waals surface area contributed by atoms with E-state index in [0.717, 1.165) is 16.8 Å². The van der Waals surface area contributed by atoms with E-state index in [1.54, 1.807) is 28.0 Å². The van der Waals surface area contributed by atoms with E-state index in [4.69, 9.17) is 9.47 Å². The number of guanidine groups is 1. The fourth-order valence-corrected chi connectivity index (χ4v) is 4.48. The third-order valence-electron chi connectivity index (χ3n) is 4.28. The number of rotatable bonds is 10. The maximum atomic E-state index is 12.3. The molecule has 3 N–H and O–H groups in total. The standard InChI is InChI=1S/C22H32N4O4S.HI/c1-6-30-20-12-11-19(13-21(20)29-5)25-22(23-4)24-14-17-9-7-8-10-18(17)15-31(27,28)26-16(2)3;/h7-13,16,26H,6,14-15H2,1-5H3,(H2,23,24,25);1H. The molecule has 0 fully saturated rings. The van der Waals surface area contributed by atoms with E-state index < -0.39 is 10.0 Å². The summed E-state index contributed by atoms with van der Waals surface area (Å²) in [6.45, 7) is 6.49. The first kappa shape index (κ1) is 28.0. The normalized spacial score (nSPS) is 11.6. The molecule has 0 bridgehead atoms. The molecular formula is C22H33IN4O4S. The first-order chi connectivity index (χ1) is 14.8. The van der Waals surface area contributed by atoms with E-state index in [1.807, 2.05) is 49.4 Å². The molecule has 0 aliphatic carbocycles. The van der Waals surface area contributed by atoms with Crippen LogP contribution in [0.4, 0.5) is 5.69 Å². The quantitative estimate of drug-likeness (QED) is 0.227. The predicted octanol–water partition coefficient (Wildman–Crippen LogP) is 3.73. The van der Waals surface area contributed by atoms with Crippen LogP contribution < -0.4 is 24.8 Å². The highest BCUT2D eigenvalue weighted by Crippen LogP contribution is 2.30. The number of nitrogens with zero attached hydrogens (tertiary/aromatic N) is 1. The van der Waals surface area contributed by atoms with Crippen molar-refractivity contribution in [1.29, 1.82) is 0 Å². The minimum Gasteiger partial charge on any atom is -0.493 e. The van der Waals surface area contributed by atoms with Crippen LogP contribution in [-0.4, -0.2) is 41.2 Å². The summed E-state index contributed by atoms with van der Waals surface area (Å²) in [5, 5.41) is 6.44. The average Bonchev–Trinajstić information content (AvgIpc) is 2.71. The molecule has 0 atom stereocenters. The maximum absolute atomic E-state index is 12.3. The molecule has 0 saturated heterocycles. The van der Waals surface area contributed by atoms with Crippen molar-refractivity contribution in [3.8, 4) is 11.5 Å². The Balaban J connectivity index is 0.00000512. The van der Waals surface area contributed by atoms with Crippen LogP contribution >= 0.6 is 24.0 Å². The molecule has 0 radical (unpaired) electrons. The SMILES string of the molecule is CCOc1ccc(NC(=NC)NCc2ccccc2CS(=O)(=O)NC(C)C)cc1OC.I. The Morgan fingerprint density at radius 2 is 1.78 bits per heavy atom. The number of sulfonamides is 1. The molecule has 2 rings (SSSR count). The Morgan fingerprint density at radius 3 is 2.38 bits per heavy atom. The fraction of sp³-hybridized carbons (Fsp3) is 0.409. The van der Waals surface area contributed by atoms with Gasteiger partial charge in [0.15, 0.2) is 17.5 Å². The van der Waals surface area contributed by atoms with Crippen molar-refractivity contribution in [2.75, 3.05) is 26.1 Å². The van der Waals surface area contributed by atoms with E-state index in [-0.39, 0.29) is 35.8 Å². The van der Waals surface area contributed by atoms with Crippen LogP contribution in [0.3, 0.4) is 0 Å². The second kappa shape index (κ2) is 13.5. The summed E-state index contributed by atoms with van der Waals surface area (Å²) in [6, 6.07) is 12.8. The Bertz CT molecular complexity index is 997. The molecule has 2 aromatic rings. The summed E-state index contributed by atoms with van der Waals surface area (Å²) in [5.41, 5.74) is 2.40. The highest BCUT2D eigenvalue weighted by molar-refractivity contribution is 14.0. The predicted molar refractivity (Wildman–Crippen MR) is 141 cm³/mol. The number of hydrogen-bond donors (Lipinski definition) is 3. The molecular weight excluding hydrogens is 543 g/mol. The smallest absolute Gasteiger partial charge is 0.216 e. The number of halogens is 1. The Labute approximate surface area is 208 Å². The van der Waals surface area contributed by atoms with Crippen molar-refractivity contribution in [2.45, 2.75) is 39.1 Å². The van der Waals surface area contributed by atoms with E-state index >= 15 is 0 Å². The van der Waals surface area contributed by atoms with Gasteiger partial charge in [0.05, 0.1) is 19.5 Å². The Hall–Kier alpha value is -2.05. The van der Waals surface area contributed by atoms with Crippen LogP contribution in [0.15, 0.2) is 47.5 Å². The van der Waals surface area contributed by atoms with Crippen LogP contribution in [0.1, 0.15) is 31.9 Å². The van der Waals surface area contributed by atoms with E-state index in [0.29, 0.717) is 30.6 Å². The molecule has 10 heteroatoms. The van der Waals surface area contributed by atoms with Gasteiger partial charge in [-0.2, -0.15) is 0 Å². The zero-order valence-electron chi connectivity index (χ0n) is 19.1. The largest absolute Gasteiger partial charge is 0.493 e. The van der Waals surface area contributed by atoms with Gasteiger partial charge in [-0.05, 0) is 44.0 Å². The van der Waals surface area contributed by atoms with Gasteiger partial charge >= 0.3 is 0 Å². The van der Waals surface area contributed by atoms with Gasteiger partial charge in [0.1, 0.15) is 0 Å². The van der Waals surface area contributed by atoms with Gasteiger partial charge in [-0.3, -0.25) is 4.99 Å². The van der Waals surface area contributed by atoms with Crippen LogP contribution in [0, 0.1) is 0 Å². The van der Waals surface area contributed by atoms with Crippen LogP contribution in [-0.2, 0) is 22.3 Å². The van der Waals surface area contributed by atoms with Crippen molar-refractivity contribution >= 4 is 45.6 Å². The van der Waals surface area contributed by atoms with Crippen molar-refractivity contribution in [1.82, 2.24) is 10.0 Å². The highest BCUT2D eigenvalue weighted by Gasteiger charge is 2.15. The Kier molecular flexibility index (Phi) is 11.8. The van der Waals surface area contributed by atoms with Gasteiger partial charge in [-0.15, -0.1) is 24.0 Å². The lowest BCUT2D eigenvalue weighted by atomic mass is 10.1. The van der Waals surface area contributed by atoms with Gasteiger partial charge in [-0.25, -0.2) is 13.1 Å². The van der Waals surface area contributed by atoms with E-state index in [1.165, 1.54) is 0 Å². The highest BCUT2D eigenvalue weighted by atomic mass is 127. The van der Waals surface area contributed by atoms with E-state index in [9.17, 15) is 8.42 Å². The summed E-state index contributed by atoms with van der Waals surface area (Å²) in [6.07, 6.45) is 0. The molecule has 0 unspecified atom stereocenters. The molecule has 0 aromatic heterocycles. The van der Waals surface area contributed by atoms with Gasteiger partial charge < -0.3 is 20.1 Å². The van der Waals surface area contributed by atoms with Gasteiger partial charge in [-0.1, -0.05) is 24.3 Å². The summed E-state index contributed by atoms with van der Waals surface area (Å²) in [4.78, 5) is 4.25. The lowest BCUT2D eigenvalue weighted by Crippen LogP contribution is -2.32. The average molecular weight is 577 g/mol. The zero-order valence-corrected chi connectivity index (χ0v) is 22.3. The molecule has 0 aliphatic heterocycles. The number of benzene rings is 2. The minimum atomic E-state index is -3.42. The summed E-state index contributed by atoms with van der Waals surface area (Å²) in [5.74, 6) is 1.76. The Morgan fingerprint density at radius 1 is 1.09 bits per heavy atom. The molecule has 8 nitrogen and oxygen atoms in total. The van der Waals surface area contributed by atoms with Gasteiger partial charge in [0.25, 0.3) is 0 Å². The summed E-state index contributed by atoms with van der Waals surface area (Å²) < 4.78 is 38.2. The van der Waals surface area contributed by atoms with Crippen molar-refractivity contribution in [3.63, 3.8) is 0 Å². The third kappa shape index (κ3) is 8.83. The molecule has 0 spiro atoms. The van der Waals surface area contributed by atoms with Crippen LogP contribution in [0.25, 0.3) is 0 Å². The fourth-order valence-electron chi connectivity index (χ4n) is 2.99. The monoisotopic (exact) mass is 576 g/mol. The maximum Gasteiger partial charge on any atom is 0.216 e. The summed E-state index contributed by atoms with van der Waals surface area (Å²) >= 11 is 0. The van der Waals surface area contributed by atoms with Crippen LogP contribution in [0.2, 0.25) is 0 Å². The second-order valence-electron chi connectivity index (χ2n) is 7.15. The van der Waals surface area contributed by atoms with Gasteiger partial charge in [0.2, 0.25) is 10.0 Å². The number of hydrogen-bond acceptors (Lipinski definition) is 5.